The fourth-order valence-electron chi connectivity index (χ4n) is 1.96. The largest absolute Gasteiger partial charge is 0.466 e. The molecular formula is C16H24INO4SSi. The van der Waals surface area contributed by atoms with Crippen molar-refractivity contribution in [1.82, 2.24) is 4.72 Å². The van der Waals surface area contributed by atoms with Gasteiger partial charge in [-0.1, -0.05) is 44.4 Å². The van der Waals surface area contributed by atoms with Crippen molar-refractivity contribution in [2.45, 2.75) is 31.7 Å². The van der Waals surface area contributed by atoms with Gasteiger partial charge in [-0.05, 0) is 40.3 Å². The summed E-state index contributed by atoms with van der Waals surface area (Å²) in [5.74, 6) is -0.593. The van der Waals surface area contributed by atoms with Crippen LogP contribution in [-0.4, -0.2) is 35.3 Å². The number of esters is 1. The average Bonchev–Trinajstić information content (AvgIpc) is 2.49. The number of halogens is 1. The third-order valence-corrected chi connectivity index (χ3v) is 7.86. The number of hydrogen-bond donors (Lipinski definition) is 1. The first-order chi connectivity index (χ1) is 11.0. The molecule has 0 aliphatic rings. The summed E-state index contributed by atoms with van der Waals surface area (Å²) in [6.07, 6.45) is 0. The molecule has 134 valence electrons. The summed E-state index contributed by atoms with van der Waals surface area (Å²) >= 11 is 2.11. The number of nitrogens with one attached hydrogen (secondary N) is 1. The van der Waals surface area contributed by atoms with E-state index in [2.05, 4.69) is 53.5 Å². The Kier molecular flexibility index (Phi) is 7.63. The molecule has 1 rings (SSSR count). The van der Waals surface area contributed by atoms with E-state index in [1.807, 2.05) is 12.1 Å². The predicted molar refractivity (Wildman–Crippen MR) is 108 cm³/mol. The Morgan fingerprint density at radius 1 is 1.33 bits per heavy atom. The molecule has 8 heteroatoms. The SMILES string of the molecule is C=C(C(=O)OC)C(NS(=O)(=O)CC[Si](C)(C)C)c1ccccc1I. The summed E-state index contributed by atoms with van der Waals surface area (Å²) in [5.41, 5.74) is 0.753. The third-order valence-electron chi connectivity index (χ3n) is 3.43. The van der Waals surface area contributed by atoms with Gasteiger partial charge in [0.2, 0.25) is 10.0 Å². The third kappa shape index (κ3) is 6.65. The van der Waals surface area contributed by atoms with Crippen LogP contribution >= 0.6 is 22.6 Å². The van der Waals surface area contributed by atoms with Gasteiger partial charge in [-0.25, -0.2) is 17.9 Å². The van der Waals surface area contributed by atoms with Crippen molar-refractivity contribution in [3.8, 4) is 0 Å². The highest BCUT2D eigenvalue weighted by molar-refractivity contribution is 14.1. The van der Waals surface area contributed by atoms with Gasteiger partial charge in [0.25, 0.3) is 0 Å². The van der Waals surface area contributed by atoms with Crippen molar-refractivity contribution in [3.05, 3.63) is 45.6 Å². The molecule has 0 fully saturated rings. The molecule has 0 bridgehead atoms. The van der Waals surface area contributed by atoms with E-state index in [1.54, 1.807) is 12.1 Å². The van der Waals surface area contributed by atoms with E-state index < -0.39 is 30.1 Å². The van der Waals surface area contributed by atoms with Crippen LogP contribution in [0.4, 0.5) is 0 Å². The molecule has 0 saturated heterocycles. The van der Waals surface area contributed by atoms with E-state index in [4.69, 9.17) is 4.74 Å². The second-order valence-electron chi connectivity index (χ2n) is 6.72. The predicted octanol–water partition coefficient (Wildman–Crippen LogP) is 3.32. The molecule has 0 radical (unpaired) electrons. The number of carbonyl (C=O) groups excluding carboxylic acids is 1. The van der Waals surface area contributed by atoms with Gasteiger partial charge in [-0.2, -0.15) is 0 Å². The van der Waals surface area contributed by atoms with Gasteiger partial charge in [0.05, 0.1) is 24.5 Å². The minimum absolute atomic E-state index is 0.0388. The molecule has 1 aromatic rings. The number of rotatable bonds is 8. The van der Waals surface area contributed by atoms with Gasteiger partial charge < -0.3 is 4.74 Å². The molecule has 5 nitrogen and oxygen atoms in total. The van der Waals surface area contributed by atoms with Crippen molar-refractivity contribution in [1.29, 1.82) is 0 Å². The zero-order chi connectivity index (χ0) is 18.5. The normalized spacial score (nSPS) is 13.4. The molecule has 0 aromatic heterocycles. The van der Waals surface area contributed by atoms with Crippen molar-refractivity contribution in [3.63, 3.8) is 0 Å². The molecule has 0 aliphatic heterocycles. The van der Waals surface area contributed by atoms with Crippen LogP contribution in [0.1, 0.15) is 11.6 Å². The summed E-state index contributed by atoms with van der Waals surface area (Å²) in [7, 11) is -3.80. The highest BCUT2D eigenvalue weighted by Gasteiger charge is 2.28. The zero-order valence-electron chi connectivity index (χ0n) is 14.4. The smallest absolute Gasteiger partial charge is 0.335 e. The molecule has 24 heavy (non-hydrogen) atoms. The van der Waals surface area contributed by atoms with Crippen LogP contribution in [0.2, 0.25) is 25.7 Å². The minimum atomic E-state index is -3.55. The quantitative estimate of drug-likeness (QED) is 0.268. The molecule has 0 spiro atoms. The lowest BCUT2D eigenvalue weighted by Crippen LogP contribution is -2.36. The van der Waals surface area contributed by atoms with Gasteiger partial charge in [0.1, 0.15) is 0 Å². The Bertz CT molecular complexity index is 713. The van der Waals surface area contributed by atoms with Gasteiger partial charge in [0, 0.05) is 11.6 Å². The van der Waals surface area contributed by atoms with Crippen molar-refractivity contribution in [2.75, 3.05) is 12.9 Å². The molecule has 0 aliphatic carbocycles. The summed E-state index contributed by atoms with van der Waals surface area (Å²) in [5, 5.41) is 0. The molecular weight excluding hydrogens is 457 g/mol. The van der Waals surface area contributed by atoms with Gasteiger partial charge >= 0.3 is 5.97 Å². The number of ether oxygens (including phenoxy) is 1. The van der Waals surface area contributed by atoms with Crippen LogP contribution in [0.25, 0.3) is 0 Å². The minimum Gasteiger partial charge on any atom is -0.466 e. The molecule has 0 heterocycles. The van der Waals surface area contributed by atoms with E-state index in [9.17, 15) is 13.2 Å². The lowest BCUT2D eigenvalue weighted by atomic mass is 10.0. The Morgan fingerprint density at radius 2 is 1.92 bits per heavy atom. The van der Waals surface area contributed by atoms with Crippen LogP contribution in [0, 0.1) is 3.57 Å². The summed E-state index contributed by atoms with van der Waals surface area (Å²) in [4.78, 5) is 11.9. The maximum atomic E-state index is 12.5. The van der Waals surface area contributed by atoms with Crippen LogP contribution in [0.3, 0.4) is 0 Å². The molecule has 1 unspecified atom stereocenters. The molecule has 1 N–H and O–H groups in total. The Hall–Kier alpha value is -0.713. The second kappa shape index (κ2) is 8.59. The first-order valence-electron chi connectivity index (χ1n) is 7.48. The average molecular weight is 481 g/mol. The Labute approximate surface area is 159 Å². The molecule has 0 saturated carbocycles. The van der Waals surface area contributed by atoms with Gasteiger partial charge in [0.15, 0.2) is 0 Å². The van der Waals surface area contributed by atoms with Crippen LogP contribution < -0.4 is 4.72 Å². The van der Waals surface area contributed by atoms with Crippen LogP contribution in [-0.2, 0) is 19.6 Å². The van der Waals surface area contributed by atoms with E-state index in [0.29, 0.717) is 11.6 Å². The Morgan fingerprint density at radius 3 is 2.42 bits per heavy atom. The lowest BCUT2D eigenvalue weighted by Gasteiger charge is -2.22. The van der Waals surface area contributed by atoms with E-state index in [1.165, 1.54) is 7.11 Å². The van der Waals surface area contributed by atoms with Crippen molar-refractivity contribution >= 4 is 46.7 Å². The summed E-state index contributed by atoms with van der Waals surface area (Å²) in [6.45, 7) is 10.1. The van der Waals surface area contributed by atoms with Crippen LogP contribution in [0.5, 0.6) is 0 Å². The zero-order valence-corrected chi connectivity index (χ0v) is 18.4. The van der Waals surface area contributed by atoms with Gasteiger partial charge in [-0.3, -0.25) is 0 Å². The maximum absolute atomic E-state index is 12.5. The highest BCUT2D eigenvalue weighted by atomic mass is 127. The first-order valence-corrected chi connectivity index (χ1v) is 13.9. The number of carbonyl (C=O) groups is 1. The van der Waals surface area contributed by atoms with E-state index in [0.717, 1.165) is 3.57 Å². The Balaban J connectivity index is 3.13. The van der Waals surface area contributed by atoms with Crippen LogP contribution in [0.15, 0.2) is 36.4 Å². The molecule has 1 atom stereocenters. The summed E-state index contributed by atoms with van der Waals surface area (Å²) < 4.78 is 33.2. The summed E-state index contributed by atoms with van der Waals surface area (Å²) in [6, 6.07) is 7.09. The number of hydrogen-bond acceptors (Lipinski definition) is 4. The maximum Gasteiger partial charge on any atom is 0.335 e. The highest BCUT2D eigenvalue weighted by Crippen LogP contribution is 2.27. The van der Waals surface area contributed by atoms with Crippen molar-refractivity contribution in [2.24, 2.45) is 0 Å². The fraction of sp³-hybridized carbons (Fsp3) is 0.438. The van der Waals surface area contributed by atoms with E-state index >= 15 is 0 Å². The molecule has 0 amide bonds. The first kappa shape index (κ1) is 21.3. The van der Waals surface area contributed by atoms with Gasteiger partial charge in [-0.15, -0.1) is 0 Å². The lowest BCUT2D eigenvalue weighted by molar-refractivity contribution is -0.136. The second-order valence-corrected chi connectivity index (χ2v) is 15.4. The van der Waals surface area contributed by atoms with Crippen molar-refractivity contribution < 1.29 is 17.9 Å². The number of benzene rings is 1. The fourth-order valence-corrected chi connectivity index (χ4v) is 6.93. The molecule has 1 aromatic carbocycles. The number of methoxy groups -OCH3 is 1. The van der Waals surface area contributed by atoms with E-state index in [-0.39, 0.29) is 11.3 Å². The topological polar surface area (TPSA) is 72.5 Å². The standard InChI is InChI=1S/C16H24INO4SSi/c1-12(16(19)22-2)15(13-8-6-7-9-14(13)17)18-23(20,21)10-11-24(3,4)5/h6-9,15,18H,1,10-11H2,2-5H3. The monoisotopic (exact) mass is 481 g/mol. The number of sulfonamides is 1.